The van der Waals surface area contributed by atoms with Crippen molar-refractivity contribution in [3.05, 3.63) is 0 Å². The minimum atomic E-state index is -5.59. The number of hydrogen-bond donors (Lipinski definition) is 4. The SMILES string of the molecule is COC(=O)[C@H]1OP(=O)(O)OP(=O)(O)O[C@@H]1[C@@H]1OP(=O)(O)OP(=O)(O)O[C@H]1C(=O)OC. The van der Waals surface area contributed by atoms with E-state index in [0.717, 1.165) is 14.2 Å². The molecule has 4 N–H and O–H groups in total. The van der Waals surface area contributed by atoms with Crippen molar-refractivity contribution in [3.8, 4) is 0 Å². The molecule has 2 aliphatic heterocycles. The lowest BCUT2D eigenvalue weighted by Gasteiger charge is -2.31. The second kappa shape index (κ2) is 8.77. The van der Waals surface area contributed by atoms with Crippen molar-refractivity contribution in [1.29, 1.82) is 0 Å². The molecule has 2 fully saturated rings. The average molecular weight is 522 g/mol. The molecular formula is C8H14O18P4. The minimum Gasteiger partial charge on any atom is -0.467 e. The first-order chi connectivity index (χ1) is 13.5. The van der Waals surface area contributed by atoms with Gasteiger partial charge in [0, 0.05) is 0 Å². The standard InChI is InChI=1S/C8H14O18P4/c1-19-7(9)5-3(21-27(11,12)25-29(15,16)23-5)4-6(8(10)20-2)24-30(17,18)26-28(13,14)22-4/h3-6H,1-2H3,(H,11,12)(H,13,14)(H,15,16)(H,17,18)/t3-,4+,5+,6-. The molecule has 0 aromatic heterocycles. The lowest BCUT2D eigenvalue weighted by Crippen LogP contribution is -2.52. The van der Waals surface area contributed by atoms with Crippen LogP contribution in [-0.4, -0.2) is 70.1 Å². The van der Waals surface area contributed by atoms with E-state index in [0.29, 0.717) is 0 Å². The number of carbonyl (C=O) groups is 2. The van der Waals surface area contributed by atoms with Gasteiger partial charge in [-0.3, -0.25) is 18.1 Å². The van der Waals surface area contributed by atoms with Crippen LogP contribution in [0.2, 0.25) is 0 Å². The Bertz CT molecular complexity index is 825. The maximum atomic E-state index is 12.0. The van der Waals surface area contributed by atoms with E-state index in [1.54, 1.807) is 0 Å². The minimum absolute atomic E-state index is 0.736. The fraction of sp³-hybridized carbons (Fsp3) is 0.750. The molecule has 2 heterocycles. The average Bonchev–Trinajstić information content (AvgIpc) is 2.73. The summed E-state index contributed by atoms with van der Waals surface area (Å²) in [6.45, 7) is 0. The van der Waals surface area contributed by atoms with Crippen molar-refractivity contribution in [2.75, 3.05) is 14.2 Å². The number of ether oxygens (including phenoxy) is 2. The summed E-state index contributed by atoms with van der Waals surface area (Å²) in [6.07, 6.45) is -10.2. The van der Waals surface area contributed by atoms with Crippen LogP contribution in [-0.2, 0) is 64.0 Å². The molecule has 0 aromatic rings. The molecule has 4 unspecified atom stereocenters. The van der Waals surface area contributed by atoms with Crippen molar-refractivity contribution >= 4 is 43.2 Å². The molecule has 2 aliphatic rings. The van der Waals surface area contributed by atoms with Crippen LogP contribution in [0, 0.1) is 0 Å². The maximum Gasteiger partial charge on any atom is 0.482 e. The number of hydrogen-bond acceptors (Lipinski definition) is 14. The fourth-order valence-electron chi connectivity index (χ4n) is 2.21. The molecule has 2 saturated heterocycles. The van der Waals surface area contributed by atoms with Gasteiger partial charge in [-0.05, 0) is 0 Å². The van der Waals surface area contributed by atoms with Crippen LogP contribution in [0.25, 0.3) is 0 Å². The summed E-state index contributed by atoms with van der Waals surface area (Å²) in [4.78, 5) is 62.3. The zero-order valence-electron chi connectivity index (χ0n) is 14.6. The smallest absolute Gasteiger partial charge is 0.467 e. The summed E-state index contributed by atoms with van der Waals surface area (Å²) < 4.78 is 81.7. The Morgan fingerprint density at radius 3 is 1.17 bits per heavy atom. The topological polar surface area (TPSA) is 257 Å². The molecule has 0 bridgehead atoms. The molecular weight excluding hydrogens is 508 g/mol. The zero-order chi connectivity index (χ0) is 23.1. The predicted molar refractivity (Wildman–Crippen MR) is 85.0 cm³/mol. The van der Waals surface area contributed by atoms with E-state index in [2.05, 4.69) is 36.2 Å². The Kier molecular flexibility index (Phi) is 7.52. The Morgan fingerprint density at radius 2 is 0.900 bits per heavy atom. The predicted octanol–water partition coefficient (Wildman–Crippen LogP) is -0.665. The molecule has 0 spiro atoms. The molecule has 18 nitrogen and oxygen atoms in total. The Morgan fingerprint density at radius 1 is 0.633 bits per heavy atom. The van der Waals surface area contributed by atoms with Crippen molar-refractivity contribution in [1.82, 2.24) is 0 Å². The quantitative estimate of drug-likeness (QED) is 0.265. The molecule has 0 saturated carbocycles. The van der Waals surface area contributed by atoms with Gasteiger partial charge in [0.05, 0.1) is 14.2 Å². The number of esters is 2. The largest absolute Gasteiger partial charge is 0.482 e. The molecule has 0 aromatic carbocycles. The van der Waals surface area contributed by atoms with Gasteiger partial charge in [0.2, 0.25) is 0 Å². The van der Waals surface area contributed by atoms with Gasteiger partial charge in [-0.15, -0.1) is 0 Å². The summed E-state index contributed by atoms with van der Waals surface area (Å²) in [5, 5.41) is 0. The Labute approximate surface area is 166 Å². The first kappa shape index (κ1) is 25.7. The first-order valence-corrected chi connectivity index (χ1v) is 13.1. The van der Waals surface area contributed by atoms with Gasteiger partial charge in [0.1, 0.15) is 12.2 Å². The summed E-state index contributed by atoms with van der Waals surface area (Å²) >= 11 is 0. The van der Waals surface area contributed by atoms with Gasteiger partial charge >= 0.3 is 43.2 Å². The van der Waals surface area contributed by atoms with E-state index in [-0.39, 0.29) is 0 Å². The first-order valence-electron chi connectivity index (χ1n) is 7.14. The highest BCUT2D eigenvalue weighted by Gasteiger charge is 2.59. The van der Waals surface area contributed by atoms with Crippen LogP contribution in [0.1, 0.15) is 0 Å². The van der Waals surface area contributed by atoms with Crippen molar-refractivity contribution in [2.45, 2.75) is 24.4 Å². The number of phosphoric ester groups is 4. The van der Waals surface area contributed by atoms with Gasteiger partial charge in [-0.25, -0.2) is 27.8 Å². The third-order valence-electron chi connectivity index (χ3n) is 3.20. The number of rotatable bonds is 3. The highest BCUT2D eigenvalue weighted by molar-refractivity contribution is 7.61. The molecule has 2 rings (SSSR count). The molecule has 22 heteroatoms. The summed E-state index contributed by atoms with van der Waals surface area (Å²) in [5.41, 5.74) is 0. The lowest BCUT2D eigenvalue weighted by molar-refractivity contribution is -0.167. The highest BCUT2D eigenvalue weighted by Crippen LogP contribution is 2.68. The molecule has 0 radical (unpaired) electrons. The van der Waals surface area contributed by atoms with Crippen molar-refractivity contribution < 1.29 is 83.6 Å². The van der Waals surface area contributed by atoms with Gasteiger partial charge in [0.25, 0.3) is 0 Å². The van der Waals surface area contributed by atoms with Crippen molar-refractivity contribution in [3.63, 3.8) is 0 Å². The molecule has 0 amide bonds. The van der Waals surface area contributed by atoms with Crippen LogP contribution in [0.5, 0.6) is 0 Å². The van der Waals surface area contributed by atoms with E-state index in [9.17, 15) is 47.4 Å². The van der Waals surface area contributed by atoms with Gasteiger partial charge in [0.15, 0.2) is 12.2 Å². The summed E-state index contributed by atoms with van der Waals surface area (Å²) in [5.74, 6) is -3.17. The zero-order valence-corrected chi connectivity index (χ0v) is 18.2. The maximum absolute atomic E-state index is 12.0. The van der Waals surface area contributed by atoms with E-state index in [1.165, 1.54) is 0 Å². The number of carbonyl (C=O) groups excluding carboxylic acids is 2. The molecule has 8 atom stereocenters. The van der Waals surface area contributed by atoms with E-state index >= 15 is 0 Å². The van der Waals surface area contributed by atoms with E-state index in [4.69, 9.17) is 0 Å². The summed E-state index contributed by atoms with van der Waals surface area (Å²) in [6, 6.07) is 0. The third-order valence-corrected chi connectivity index (χ3v) is 8.51. The van der Waals surface area contributed by atoms with Crippen molar-refractivity contribution in [2.24, 2.45) is 0 Å². The van der Waals surface area contributed by atoms with Crippen LogP contribution in [0.15, 0.2) is 0 Å². The second-order valence-electron chi connectivity index (χ2n) is 5.28. The Hall–Kier alpha value is -0.540. The summed E-state index contributed by atoms with van der Waals surface area (Å²) in [7, 11) is -20.7. The number of phosphoric acid groups is 4. The fourth-order valence-corrected chi connectivity index (χ4v) is 6.98. The lowest BCUT2D eigenvalue weighted by atomic mass is 10.0. The molecule has 174 valence electrons. The van der Waals surface area contributed by atoms with Crippen LogP contribution in [0.3, 0.4) is 0 Å². The molecule has 0 aliphatic carbocycles. The van der Waals surface area contributed by atoms with E-state index < -0.39 is 67.6 Å². The molecule has 30 heavy (non-hydrogen) atoms. The normalized spacial score (nSPS) is 47.5. The van der Waals surface area contributed by atoms with Gasteiger partial charge < -0.3 is 29.0 Å². The Balaban J connectivity index is 2.66. The number of methoxy groups -OCH3 is 2. The van der Waals surface area contributed by atoms with Gasteiger partial charge in [-0.2, -0.15) is 8.62 Å². The monoisotopic (exact) mass is 522 g/mol. The van der Waals surface area contributed by atoms with E-state index in [1.807, 2.05) is 0 Å². The highest BCUT2D eigenvalue weighted by atomic mass is 31.3. The van der Waals surface area contributed by atoms with Gasteiger partial charge in [-0.1, -0.05) is 0 Å². The third kappa shape index (κ3) is 6.25. The second-order valence-corrected chi connectivity index (χ2v) is 11.2. The van der Waals surface area contributed by atoms with Crippen LogP contribution < -0.4 is 0 Å². The van der Waals surface area contributed by atoms with Crippen LogP contribution >= 0.6 is 31.3 Å². The van der Waals surface area contributed by atoms with Crippen LogP contribution in [0.4, 0.5) is 0 Å².